The van der Waals surface area contributed by atoms with Gasteiger partial charge in [-0.05, 0) is 26.8 Å². The summed E-state index contributed by atoms with van der Waals surface area (Å²) in [6.07, 6.45) is 4.72. The van der Waals surface area contributed by atoms with Crippen molar-refractivity contribution >= 4 is 11.9 Å². The van der Waals surface area contributed by atoms with Gasteiger partial charge in [-0.3, -0.25) is 4.79 Å². The third-order valence-corrected chi connectivity index (χ3v) is 3.28. The molecule has 0 fully saturated rings. The summed E-state index contributed by atoms with van der Waals surface area (Å²) in [7, 11) is 1.84. The largest absolute Gasteiger partial charge is 0.342 e. The number of hydrogen-bond acceptors (Lipinski definition) is 5. The standard InChI is InChI=1S/C15H27N5O/c1-5-8-16-9-13-10-17-15(18-11-13)19(4)12-14(21)20(6-2)7-3/h10-11,16H,5-9,12H2,1-4H3. The summed E-state index contributed by atoms with van der Waals surface area (Å²) >= 11 is 0. The number of rotatable bonds is 9. The van der Waals surface area contributed by atoms with Crippen molar-refractivity contribution in [2.75, 3.05) is 38.1 Å². The van der Waals surface area contributed by atoms with E-state index in [1.807, 2.05) is 33.3 Å². The van der Waals surface area contributed by atoms with Crippen LogP contribution in [-0.2, 0) is 11.3 Å². The van der Waals surface area contributed by atoms with Crippen molar-refractivity contribution in [2.24, 2.45) is 0 Å². The predicted molar refractivity (Wildman–Crippen MR) is 85.2 cm³/mol. The van der Waals surface area contributed by atoms with Gasteiger partial charge in [0.05, 0.1) is 6.54 Å². The highest BCUT2D eigenvalue weighted by atomic mass is 16.2. The van der Waals surface area contributed by atoms with E-state index in [4.69, 9.17) is 0 Å². The first-order valence-corrected chi connectivity index (χ1v) is 7.62. The third-order valence-electron chi connectivity index (χ3n) is 3.28. The van der Waals surface area contributed by atoms with Crippen LogP contribution in [-0.4, -0.2) is 54.0 Å². The van der Waals surface area contributed by atoms with Gasteiger partial charge < -0.3 is 15.1 Å². The molecule has 6 heteroatoms. The van der Waals surface area contributed by atoms with Crippen LogP contribution in [0, 0.1) is 0 Å². The van der Waals surface area contributed by atoms with Crippen LogP contribution >= 0.6 is 0 Å². The molecular formula is C15H27N5O. The summed E-state index contributed by atoms with van der Waals surface area (Å²) in [5.41, 5.74) is 1.05. The number of likely N-dealkylation sites (N-methyl/N-ethyl adjacent to an activating group) is 2. The Morgan fingerprint density at radius 3 is 2.33 bits per heavy atom. The van der Waals surface area contributed by atoms with E-state index in [9.17, 15) is 4.79 Å². The van der Waals surface area contributed by atoms with Crippen LogP contribution < -0.4 is 10.2 Å². The van der Waals surface area contributed by atoms with Gasteiger partial charge in [-0.15, -0.1) is 0 Å². The Balaban J connectivity index is 2.54. The average Bonchev–Trinajstić information content (AvgIpc) is 2.49. The monoisotopic (exact) mass is 293 g/mol. The fraction of sp³-hybridized carbons (Fsp3) is 0.667. The molecule has 0 aromatic carbocycles. The second-order valence-electron chi connectivity index (χ2n) is 4.99. The summed E-state index contributed by atoms with van der Waals surface area (Å²) in [6, 6.07) is 0. The van der Waals surface area contributed by atoms with Crippen molar-refractivity contribution in [3.8, 4) is 0 Å². The van der Waals surface area contributed by atoms with Crippen molar-refractivity contribution in [2.45, 2.75) is 33.7 Å². The predicted octanol–water partition coefficient (Wildman–Crippen LogP) is 1.28. The van der Waals surface area contributed by atoms with Crippen LogP contribution in [0.3, 0.4) is 0 Å². The van der Waals surface area contributed by atoms with E-state index in [2.05, 4.69) is 22.2 Å². The van der Waals surface area contributed by atoms with E-state index < -0.39 is 0 Å². The molecule has 0 saturated heterocycles. The number of amides is 1. The number of nitrogens with one attached hydrogen (secondary N) is 1. The fourth-order valence-electron chi connectivity index (χ4n) is 2.00. The zero-order chi connectivity index (χ0) is 15.7. The number of nitrogens with zero attached hydrogens (tertiary/aromatic N) is 4. The van der Waals surface area contributed by atoms with Gasteiger partial charge >= 0.3 is 0 Å². The van der Waals surface area contributed by atoms with Crippen LogP contribution in [0.2, 0.25) is 0 Å². The van der Waals surface area contributed by atoms with Gasteiger partial charge in [0, 0.05) is 44.6 Å². The van der Waals surface area contributed by atoms with E-state index >= 15 is 0 Å². The van der Waals surface area contributed by atoms with E-state index in [0.717, 1.165) is 38.2 Å². The number of carbonyl (C=O) groups is 1. The Kier molecular flexibility index (Phi) is 7.68. The zero-order valence-electron chi connectivity index (χ0n) is 13.6. The molecule has 0 bridgehead atoms. The zero-order valence-corrected chi connectivity index (χ0v) is 13.6. The topological polar surface area (TPSA) is 61.4 Å². The van der Waals surface area contributed by atoms with Crippen molar-refractivity contribution in [1.82, 2.24) is 20.2 Å². The summed E-state index contributed by atoms with van der Waals surface area (Å²) in [4.78, 5) is 24.3. The Labute approximate surface area is 127 Å². The summed E-state index contributed by atoms with van der Waals surface area (Å²) in [5, 5.41) is 3.31. The molecule has 1 aromatic heterocycles. The molecule has 1 heterocycles. The SMILES string of the molecule is CCCNCc1cnc(N(C)CC(=O)N(CC)CC)nc1. The summed E-state index contributed by atoms with van der Waals surface area (Å²) in [5.74, 6) is 0.675. The fourth-order valence-corrected chi connectivity index (χ4v) is 2.00. The molecule has 0 atom stereocenters. The van der Waals surface area contributed by atoms with E-state index in [0.29, 0.717) is 12.5 Å². The van der Waals surface area contributed by atoms with Crippen LogP contribution in [0.5, 0.6) is 0 Å². The van der Waals surface area contributed by atoms with Crippen molar-refractivity contribution in [3.05, 3.63) is 18.0 Å². The molecule has 0 saturated carbocycles. The Hall–Kier alpha value is -1.69. The average molecular weight is 293 g/mol. The molecule has 0 unspecified atom stereocenters. The molecule has 1 amide bonds. The maximum absolute atomic E-state index is 12.0. The van der Waals surface area contributed by atoms with E-state index in [-0.39, 0.29) is 5.91 Å². The quantitative estimate of drug-likeness (QED) is 0.695. The van der Waals surface area contributed by atoms with Crippen molar-refractivity contribution in [1.29, 1.82) is 0 Å². The molecule has 21 heavy (non-hydrogen) atoms. The highest BCUT2D eigenvalue weighted by Crippen LogP contribution is 2.05. The lowest BCUT2D eigenvalue weighted by Gasteiger charge is -2.23. The maximum Gasteiger partial charge on any atom is 0.242 e. The normalized spacial score (nSPS) is 10.5. The van der Waals surface area contributed by atoms with E-state index in [1.165, 1.54) is 0 Å². The highest BCUT2D eigenvalue weighted by Gasteiger charge is 2.14. The molecule has 0 aliphatic carbocycles. The second kappa shape index (κ2) is 9.28. The second-order valence-corrected chi connectivity index (χ2v) is 4.99. The molecule has 1 N–H and O–H groups in total. The Morgan fingerprint density at radius 1 is 1.19 bits per heavy atom. The Bertz CT molecular complexity index is 417. The van der Waals surface area contributed by atoms with Crippen LogP contribution in [0.25, 0.3) is 0 Å². The van der Waals surface area contributed by atoms with Gasteiger partial charge in [0.25, 0.3) is 0 Å². The summed E-state index contributed by atoms with van der Waals surface area (Å²) in [6.45, 7) is 9.62. The lowest BCUT2D eigenvalue weighted by atomic mass is 10.3. The van der Waals surface area contributed by atoms with Gasteiger partial charge in [0.2, 0.25) is 11.9 Å². The first-order chi connectivity index (χ1) is 10.1. The van der Waals surface area contributed by atoms with Crippen LogP contribution in [0.1, 0.15) is 32.8 Å². The highest BCUT2D eigenvalue weighted by molar-refractivity contribution is 5.80. The lowest BCUT2D eigenvalue weighted by Crippen LogP contribution is -2.39. The minimum absolute atomic E-state index is 0.0970. The number of hydrogen-bond donors (Lipinski definition) is 1. The third kappa shape index (κ3) is 5.67. The van der Waals surface area contributed by atoms with Crippen LogP contribution in [0.15, 0.2) is 12.4 Å². The minimum atomic E-state index is 0.0970. The maximum atomic E-state index is 12.0. The van der Waals surface area contributed by atoms with Gasteiger partial charge in [-0.2, -0.15) is 0 Å². The summed E-state index contributed by atoms with van der Waals surface area (Å²) < 4.78 is 0. The molecule has 0 aliphatic heterocycles. The van der Waals surface area contributed by atoms with Gasteiger partial charge in [0.1, 0.15) is 0 Å². The van der Waals surface area contributed by atoms with Crippen LogP contribution in [0.4, 0.5) is 5.95 Å². The molecular weight excluding hydrogens is 266 g/mol. The van der Waals surface area contributed by atoms with Crippen molar-refractivity contribution in [3.63, 3.8) is 0 Å². The molecule has 0 radical (unpaired) electrons. The first-order valence-electron chi connectivity index (χ1n) is 7.62. The number of aromatic nitrogens is 2. The molecule has 118 valence electrons. The molecule has 1 rings (SSSR count). The molecule has 1 aromatic rings. The number of anilines is 1. The van der Waals surface area contributed by atoms with Gasteiger partial charge in [-0.25, -0.2) is 9.97 Å². The molecule has 0 spiro atoms. The van der Waals surface area contributed by atoms with Gasteiger partial charge in [-0.1, -0.05) is 6.92 Å². The van der Waals surface area contributed by atoms with E-state index in [1.54, 1.807) is 9.80 Å². The smallest absolute Gasteiger partial charge is 0.242 e. The Morgan fingerprint density at radius 2 is 1.81 bits per heavy atom. The molecule has 6 nitrogen and oxygen atoms in total. The minimum Gasteiger partial charge on any atom is -0.342 e. The lowest BCUT2D eigenvalue weighted by molar-refractivity contribution is -0.129. The number of carbonyl (C=O) groups excluding carboxylic acids is 1. The molecule has 0 aliphatic rings. The van der Waals surface area contributed by atoms with Gasteiger partial charge in [0.15, 0.2) is 0 Å². The first kappa shape index (κ1) is 17.4. The van der Waals surface area contributed by atoms with Crippen molar-refractivity contribution < 1.29 is 4.79 Å².